The maximum Gasteiger partial charge on any atom is 0.332 e. The van der Waals surface area contributed by atoms with Gasteiger partial charge in [-0.1, -0.05) is 0 Å². The van der Waals surface area contributed by atoms with Gasteiger partial charge in [0.05, 0.1) is 24.4 Å². The van der Waals surface area contributed by atoms with Gasteiger partial charge in [-0.25, -0.2) is 19.2 Å². The zero-order valence-corrected chi connectivity index (χ0v) is 26.9. The van der Waals surface area contributed by atoms with Crippen LogP contribution in [0.15, 0.2) is 35.7 Å². The van der Waals surface area contributed by atoms with Crippen molar-refractivity contribution in [2.24, 2.45) is 11.8 Å². The minimum Gasteiger partial charge on any atom is -0.478 e. The number of carboxylic acids is 2. The van der Waals surface area contributed by atoms with E-state index >= 15 is 0 Å². The minimum absolute atomic E-state index is 0.0511. The van der Waals surface area contributed by atoms with E-state index in [1.54, 1.807) is 26.2 Å². The summed E-state index contributed by atoms with van der Waals surface area (Å²) in [6.07, 6.45) is 7.68. The molecule has 0 unspecified atom stereocenters. The molecule has 2 saturated heterocycles. The van der Waals surface area contributed by atoms with Crippen LogP contribution in [-0.4, -0.2) is 79.3 Å². The zero-order chi connectivity index (χ0) is 32.3. The molecule has 2 aliphatic rings. The minimum atomic E-state index is -1.22. The molecule has 0 bridgehead atoms. The lowest BCUT2D eigenvalue weighted by atomic mass is 9.66. The molecule has 2 rings (SSSR count). The summed E-state index contributed by atoms with van der Waals surface area (Å²) in [7, 11) is 0. The SMILES string of the molecule is CCOC(=O)C=CN1C(C)(C)CC(C(C(=O)O)=C(C(=O)O)C2CC(C)(C)N(C=CC(=O)OCC)C(C)(C)C2)CC1(C)C. The van der Waals surface area contributed by atoms with Crippen LogP contribution >= 0.6 is 0 Å². The number of esters is 2. The van der Waals surface area contributed by atoms with Gasteiger partial charge in [-0.15, -0.1) is 0 Å². The Bertz CT molecular complexity index is 1020. The number of carbonyl (C=O) groups excluding carboxylic acids is 2. The standard InChI is InChI=1S/C32H50N2O8/c1-11-41-23(35)13-15-33-29(3,4)17-21(18-30(33,5)6)25(27(37)38)26(28(39)40)22-19-31(7,8)34(32(9,10)20-22)16-14-24(36)42-12-2/h13-16,21-22H,11-12,17-20H2,1-10H3,(H,37,38)(H,39,40). The van der Waals surface area contributed by atoms with Gasteiger partial charge < -0.3 is 29.5 Å². The maximum absolute atomic E-state index is 12.9. The normalized spacial score (nSPS) is 22.6. The van der Waals surface area contributed by atoms with Gasteiger partial charge in [0.25, 0.3) is 0 Å². The van der Waals surface area contributed by atoms with Crippen LogP contribution in [0.5, 0.6) is 0 Å². The van der Waals surface area contributed by atoms with Gasteiger partial charge in [-0.2, -0.15) is 0 Å². The van der Waals surface area contributed by atoms with Crippen LogP contribution in [-0.2, 0) is 28.7 Å². The summed E-state index contributed by atoms with van der Waals surface area (Å²) in [6.45, 7) is 19.7. The number of hydrogen-bond donors (Lipinski definition) is 2. The molecule has 2 fully saturated rings. The van der Waals surface area contributed by atoms with E-state index in [-0.39, 0.29) is 24.4 Å². The van der Waals surface area contributed by atoms with E-state index in [0.29, 0.717) is 25.7 Å². The van der Waals surface area contributed by atoms with E-state index in [1.807, 2.05) is 65.2 Å². The number of carbonyl (C=O) groups is 4. The zero-order valence-electron chi connectivity index (χ0n) is 26.9. The molecule has 0 saturated carbocycles. The molecule has 10 nitrogen and oxygen atoms in total. The van der Waals surface area contributed by atoms with E-state index in [0.717, 1.165) is 0 Å². The number of aliphatic carboxylic acids is 2. The van der Waals surface area contributed by atoms with Gasteiger partial charge in [0.1, 0.15) is 0 Å². The molecule has 10 heteroatoms. The second kappa shape index (κ2) is 12.9. The van der Waals surface area contributed by atoms with Crippen molar-refractivity contribution in [3.05, 3.63) is 35.7 Å². The molecule has 0 amide bonds. The fourth-order valence-electron chi connectivity index (χ4n) is 7.47. The molecule has 2 aliphatic heterocycles. The van der Waals surface area contributed by atoms with Gasteiger partial charge in [0.15, 0.2) is 0 Å². The summed E-state index contributed by atoms with van der Waals surface area (Å²) in [6, 6.07) is 0. The molecule has 236 valence electrons. The first kappa shape index (κ1) is 34.9. The number of nitrogens with zero attached hydrogens (tertiary/aromatic N) is 2. The highest BCUT2D eigenvalue weighted by Crippen LogP contribution is 2.49. The highest BCUT2D eigenvalue weighted by Gasteiger charge is 2.50. The first-order chi connectivity index (χ1) is 19.2. The van der Waals surface area contributed by atoms with Gasteiger partial charge in [-0.05, 0) is 107 Å². The lowest BCUT2D eigenvalue weighted by molar-refractivity contribution is -0.138. The molecule has 0 aromatic heterocycles. The summed E-state index contributed by atoms with van der Waals surface area (Å²) in [5, 5.41) is 21.1. The molecule has 42 heavy (non-hydrogen) atoms. The molecule has 0 spiro atoms. The quantitative estimate of drug-likeness (QED) is 0.260. The van der Waals surface area contributed by atoms with E-state index in [4.69, 9.17) is 9.47 Å². The van der Waals surface area contributed by atoms with Crippen LogP contribution in [0.1, 0.15) is 94.9 Å². The van der Waals surface area contributed by atoms with Crippen molar-refractivity contribution in [2.75, 3.05) is 13.2 Å². The summed E-state index contributed by atoms with van der Waals surface area (Å²) in [5.41, 5.74) is -2.44. The third-order valence-electron chi connectivity index (χ3n) is 8.45. The Morgan fingerprint density at radius 2 is 0.881 bits per heavy atom. The van der Waals surface area contributed by atoms with Crippen LogP contribution in [0.3, 0.4) is 0 Å². The van der Waals surface area contributed by atoms with Gasteiger partial charge in [-0.3, -0.25) is 0 Å². The van der Waals surface area contributed by atoms with E-state index < -0.39 is 57.9 Å². The fourth-order valence-corrected chi connectivity index (χ4v) is 7.47. The van der Waals surface area contributed by atoms with Crippen LogP contribution in [0.25, 0.3) is 0 Å². The Labute approximate surface area is 250 Å². The third-order valence-corrected chi connectivity index (χ3v) is 8.45. The number of carboxylic acid groups (broad SMARTS) is 2. The highest BCUT2D eigenvalue weighted by atomic mass is 16.5. The number of ether oxygens (including phenoxy) is 2. The molecule has 0 aromatic rings. The Balaban J connectivity index is 2.55. The third kappa shape index (κ3) is 7.95. The summed E-state index contributed by atoms with van der Waals surface area (Å²) >= 11 is 0. The average Bonchev–Trinajstić information content (AvgIpc) is 2.79. The molecule has 0 aliphatic carbocycles. The van der Waals surface area contributed by atoms with Crippen molar-refractivity contribution in [1.82, 2.24) is 9.80 Å². The molecule has 2 heterocycles. The first-order valence-corrected chi connectivity index (χ1v) is 14.7. The predicted octanol–water partition coefficient (Wildman–Crippen LogP) is 5.14. The number of hydrogen-bond acceptors (Lipinski definition) is 8. The van der Waals surface area contributed by atoms with Gasteiger partial charge in [0.2, 0.25) is 0 Å². The molecule has 2 N–H and O–H groups in total. The Kier molecular flexibility index (Phi) is 10.7. The van der Waals surface area contributed by atoms with E-state index in [2.05, 4.69) is 0 Å². The molecule has 0 atom stereocenters. The van der Waals surface area contributed by atoms with Crippen molar-refractivity contribution >= 4 is 23.9 Å². The Hall–Kier alpha value is -3.30. The van der Waals surface area contributed by atoms with E-state index in [9.17, 15) is 29.4 Å². The second-order valence-electron chi connectivity index (χ2n) is 13.8. The smallest absolute Gasteiger partial charge is 0.332 e. The first-order valence-electron chi connectivity index (χ1n) is 14.7. The largest absolute Gasteiger partial charge is 0.478 e. The summed E-state index contributed by atoms with van der Waals surface area (Å²) in [4.78, 5) is 54.0. The van der Waals surface area contributed by atoms with Crippen LogP contribution in [0, 0.1) is 11.8 Å². The number of rotatable bonds is 10. The van der Waals surface area contributed by atoms with Crippen molar-refractivity contribution in [2.45, 2.75) is 117 Å². The Morgan fingerprint density at radius 3 is 1.10 bits per heavy atom. The van der Waals surface area contributed by atoms with Crippen molar-refractivity contribution < 1.29 is 38.9 Å². The lowest BCUT2D eigenvalue weighted by Gasteiger charge is -2.56. The van der Waals surface area contributed by atoms with Crippen LogP contribution in [0.2, 0.25) is 0 Å². The van der Waals surface area contributed by atoms with E-state index in [1.165, 1.54) is 12.2 Å². The Morgan fingerprint density at radius 1 is 0.619 bits per heavy atom. The van der Waals surface area contributed by atoms with Crippen molar-refractivity contribution in [1.29, 1.82) is 0 Å². The molecular weight excluding hydrogens is 540 g/mol. The topological polar surface area (TPSA) is 134 Å². The number of piperidine rings is 2. The summed E-state index contributed by atoms with van der Waals surface area (Å²) < 4.78 is 10.1. The van der Waals surface area contributed by atoms with Gasteiger partial charge in [0, 0.05) is 46.7 Å². The van der Waals surface area contributed by atoms with Crippen molar-refractivity contribution in [3.63, 3.8) is 0 Å². The van der Waals surface area contributed by atoms with Crippen molar-refractivity contribution in [3.8, 4) is 0 Å². The van der Waals surface area contributed by atoms with Crippen LogP contribution < -0.4 is 0 Å². The maximum atomic E-state index is 12.9. The highest BCUT2D eigenvalue weighted by molar-refractivity contribution is 5.99. The number of likely N-dealkylation sites (tertiary alicyclic amines) is 2. The molecular formula is C32H50N2O8. The summed E-state index contributed by atoms with van der Waals surface area (Å²) in [5.74, 6) is -4.42. The monoisotopic (exact) mass is 590 g/mol. The second-order valence-corrected chi connectivity index (χ2v) is 13.8. The predicted molar refractivity (Wildman–Crippen MR) is 159 cm³/mol. The molecule has 0 radical (unpaired) electrons. The molecule has 0 aromatic carbocycles. The average molecular weight is 591 g/mol. The fraction of sp³-hybridized carbons (Fsp3) is 0.688. The van der Waals surface area contributed by atoms with Crippen LogP contribution in [0.4, 0.5) is 0 Å². The van der Waals surface area contributed by atoms with Gasteiger partial charge >= 0.3 is 23.9 Å². The lowest BCUT2D eigenvalue weighted by Crippen LogP contribution is -2.59.